The summed E-state index contributed by atoms with van der Waals surface area (Å²) in [7, 11) is 0. The van der Waals surface area contributed by atoms with Crippen LogP contribution in [0.1, 0.15) is 55.6 Å². The quantitative estimate of drug-likeness (QED) is 0.484. The molecule has 1 aromatic carbocycles. The summed E-state index contributed by atoms with van der Waals surface area (Å²) in [4.78, 5) is 13.6. The highest BCUT2D eigenvalue weighted by molar-refractivity contribution is 6.08. The number of anilines is 1. The fourth-order valence-electron chi connectivity index (χ4n) is 3.97. The molecule has 4 rings (SSSR count). The van der Waals surface area contributed by atoms with Crippen LogP contribution in [0, 0.1) is 0 Å². The first kappa shape index (κ1) is 19.2. The largest absolute Gasteiger partial charge is 0.382 e. The zero-order valence-corrected chi connectivity index (χ0v) is 17.3. The van der Waals surface area contributed by atoms with Crippen molar-refractivity contribution in [2.45, 2.75) is 52.4 Å². The maximum Gasteiger partial charge on any atom is 0.152 e. The minimum absolute atomic E-state index is 0.328. The van der Waals surface area contributed by atoms with Gasteiger partial charge in [0.25, 0.3) is 0 Å². The Bertz CT molecular complexity index is 1160. The molecule has 150 valence electrons. The molecule has 0 atom stereocenters. The van der Waals surface area contributed by atoms with Gasteiger partial charge in [-0.05, 0) is 54.0 Å². The number of hydrogen-bond donors (Lipinski definition) is 2. The highest BCUT2D eigenvalue weighted by Gasteiger charge is 2.20. The van der Waals surface area contributed by atoms with E-state index in [4.69, 9.17) is 21.5 Å². The van der Waals surface area contributed by atoms with Crippen molar-refractivity contribution in [1.29, 1.82) is 0 Å². The van der Waals surface area contributed by atoms with Crippen LogP contribution in [-0.2, 0) is 19.3 Å². The predicted octanol–water partition coefficient (Wildman–Crippen LogP) is 4.14. The van der Waals surface area contributed by atoms with Gasteiger partial charge in [-0.2, -0.15) is 0 Å². The van der Waals surface area contributed by atoms with Crippen LogP contribution >= 0.6 is 0 Å². The Morgan fingerprint density at radius 2 is 1.86 bits per heavy atom. The van der Waals surface area contributed by atoms with Crippen molar-refractivity contribution >= 4 is 27.8 Å². The van der Waals surface area contributed by atoms with Crippen LogP contribution in [0.5, 0.6) is 0 Å². The Morgan fingerprint density at radius 1 is 1.07 bits per heavy atom. The van der Waals surface area contributed by atoms with Gasteiger partial charge in [-0.3, -0.25) is 4.98 Å². The molecule has 0 aliphatic heterocycles. The van der Waals surface area contributed by atoms with Gasteiger partial charge in [-0.25, -0.2) is 14.6 Å². The molecular weight excluding hydrogens is 360 g/mol. The number of nitrogens with zero attached hydrogens (tertiary/aromatic N) is 4. The van der Waals surface area contributed by atoms with E-state index < -0.39 is 0 Å². The van der Waals surface area contributed by atoms with E-state index in [0.717, 1.165) is 47.9 Å². The summed E-state index contributed by atoms with van der Waals surface area (Å²) in [5.41, 5.74) is 12.5. The molecule has 0 saturated carbocycles. The molecule has 3 heterocycles. The fourth-order valence-corrected chi connectivity index (χ4v) is 3.97. The molecule has 0 fully saturated rings. The Kier molecular flexibility index (Phi) is 5.09. The van der Waals surface area contributed by atoms with Gasteiger partial charge in [0.2, 0.25) is 0 Å². The van der Waals surface area contributed by atoms with E-state index in [-0.39, 0.29) is 0 Å². The summed E-state index contributed by atoms with van der Waals surface area (Å²) in [6.45, 7) is 6.52. The van der Waals surface area contributed by atoms with Crippen LogP contribution in [-0.4, -0.2) is 19.6 Å². The third-order valence-corrected chi connectivity index (χ3v) is 5.43. The van der Waals surface area contributed by atoms with Gasteiger partial charge in [-0.1, -0.05) is 32.9 Å². The Hall–Kier alpha value is -3.15. The lowest BCUT2D eigenvalue weighted by Crippen LogP contribution is -2.13. The average Bonchev–Trinajstić information content (AvgIpc) is 3.04. The lowest BCUT2D eigenvalue weighted by Gasteiger charge is -2.15. The molecule has 0 amide bonds. The van der Waals surface area contributed by atoms with Gasteiger partial charge >= 0.3 is 0 Å². The van der Waals surface area contributed by atoms with Crippen molar-refractivity contribution in [3.05, 3.63) is 59.2 Å². The monoisotopic (exact) mass is 388 g/mol. The van der Waals surface area contributed by atoms with E-state index in [9.17, 15) is 0 Å². The first-order valence-corrected chi connectivity index (χ1v) is 10.3. The second kappa shape index (κ2) is 7.70. The zero-order valence-electron chi connectivity index (χ0n) is 17.3. The summed E-state index contributed by atoms with van der Waals surface area (Å²) < 4.78 is 1.71. The van der Waals surface area contributed by atoms with Crippen molar-refractivity contribution < 1.29 is 0 Å². The topological polar surface area (TPSA) is 95.6 Å². The third-order valence-electron chi connectivity index (χ3n) is 5.43. The van der Waals surface area contributed by atoms with Crippen LogP contribution < -0.4 is 11.6 Å². The molecule has 4 aromatic rings. The summed E-state index contributed by atoms with van der Waals surface area (Å²) in [5.74, 6) is 8.08. The molecule has 0 bridgehead atoms. The van der Waals surface area contributed by atoms with Gasteiger partial charge in [0, 0.05) is 24.2 Å². The average molecular weight is 389 g/mol. The summed E-state index contributed by atoms with van der Waals surface area (Å²) in [6.07, 6.45) is 7.37. The highest BCUT2D eigenvalue weighted by atomic mass is 15.3. The lowest BCUT2D eigenvalue weighted by molar-refractivity contribution is 0.801. The first-order chi connectivity index (χ1) is 14.0. The van der Waals surface area contributed by atoms with Crippen molar-refractivity contribution in [3.63, 3.8) is 0 Å². The number of benzene rings is 1. The molecule has 3 aromatic heterocycles. The molecule has 0 spiro atoms. The second-order valence-electron chi connectivity index (χ2n) is 7.94. The van der Waals surface area contributed by atoms with E-state index in [1.54, 1.807) is 10.9 Å². The number of fused-ring (bicyclic) bond motifs is 3. The predicted molar refractivity (Wildman–Crippen MR) is 119 cm³/mol. The van der Waals surface area contributed by atoms with Crippen LogP contribution in [0.4, 0.5) is 5.82 Å². The number of nitrogen functional groups attached to an aromatic ring is 2. The molecule has 0 radical (unpaired) electrons. The van der Waals surface area contributed by atoms with Gasteiger partial charge in [0.1, 0.15) is 16.9 Å². The maximum absolute atomic E-state index is 6.47. The van der Waals surface area contributed by atoms with Crippen molar-refractivity contribution in [2.24, 2.45) is 0 Å². The molecule has 0 saturated heterocycles. The van der Waals surface area contributed by atoms with Crippen LogP contribution in [0.2, 0.25) is 0 Å². The summed E-state index contributed by atoms with van der Waals surface area (Å²) in [6, 6.07) is 8.51. The van der Waals surface area contributed by atoms with Crippen LogP contribution in [0.15, 0.2) is 36.7 Å². The minimum atomic E-state index is 0.328. The SMILES string of the molecule is CCCc1nc2c(N)nc3cc(CCc4cccnc4)cc(C(C)C)c3c2n1N. The molecule has 0 unspecified atom stereocenters. The molecule has 29 heavy (non-hydrogen) atoms. The van der Waals surface area contributed by atoms with Gasteiger partial charge in [0.15, 0.2) is 5.82 Å². The Labute approximate surface area is 170 Å². The van der Waals surface area contributed by atoms with E-state index in [1.807, 2.05) is 12.3 Å². The number of aromatic nitrogens is 4. The normalized spacial score (nSPS) is 11.7. The minimum Gasteiger partial charge on any atom is -0.382 e. The highest BCUT2D eigenvalue weighted by Crippen LogP contribution is 2.34. The molecular formula is C23H28N6. The number of pyridine rings is 2. The van der Waals surface area contributed by atoms with E-state index in [0.29, 0.717) is 17.3 Å². The fraction of sp³-hybridized carbons (Fsp3) is 0.348. The van der Waals surface area contributed by atoms with Gasteiger partial charge in [-0.15, -0.1) is 0 Å². The number of rotatable bonds is 6. The van der Waals surface area contributed by atoms with E-state index in [1.165, 1.54) is 16.7 Å². The third kappa shape index (κ3) is 3.50. The molecule has 6 nitrogen and oxygen atoms in total. The smallest absolute Gasteiger partial charge is 0.152 e. The molecule has 0 aliphatic carbocycles. The zero-order chi connectivity index (χ0) is 20.5. The number of aryl methyl sites for hydroxylation is 3. The van der Waals surface area contributed by atoms with Crippen molar-refractivity contribution in [3.8, 4) is 0 Å². The van der Waals surface area contributed by atoms with Crippen LogP contribution in [0.25, 0.3) is 21.9 Å². The maximum atomic E-state index is 6.47. The molecule has 0 aliphatic rings. The first-order valence-electron chi connectivity index (χ1n) is 10.3. The number of hydrogen-bond acceptors (Lipinski definition) is 5. The second-order valence-corrected chi connectivity index (χ2v) is 7.94. The van der Waals surface area contributed by atoms with E-state index in [2.05, 4.69) is 44.0 Å². The number of imidazole rings is 1. The lowest BCUT2D eigenvalue weighted by atomic mass is 9.93. The van der Waals surface area contributed by atoms with Crippen LogP contribution in [0.3, 0.4) is 0 Å². The van der Waals surface area contributed by atoms with Crippen molar-refractivity contribution in [1.82, 2.24) is 19.6 Å². The molecule has 6 heteroatoms. The van der Waals surface area contributed by atoms with Gasteiger partial charge < -0.3 is 11.6 Å². The Morgan fingerprint density at radius 3 is 2.55 bits per heavy atom. The Balaban J connectivity index is 1.88. The van der Waals surface area contributed by atoms with Gasteiger partial charge in [0.05, 0.1) is 5.52 Å². The molecule has 4 N–H and O–H groups in total. The van der Waals surface area contributed by atoms with E-state index >= 15 is 0 Å². The number of nitrogens with two attached hydrogens (primary N) is 2. The standard InChI is InChI=1S/C23H28N6/c1-4-6-19-28-21-22(29(19)25)20-17(14(2)3)11-16(12-18(20)27-23(21)24)9-8-15-7-5-10-26-13-15/h5,7,10-14H,4,6,8-9,25H2,1-3H3,(H2,24,27). The summed E-state index contributed by atoms with van der Waals surface area (Å²) in [5, 5.41) is 1.06. The summed E-state index contributed by atoms with van der Waals surface area (Å²) >= 11 is 0. The van der Waals surface area contributed by atoms with Crippen molar-refractivity contribution in [2.75, 3.05) is 11.6 Å².